The maximum absolute atomic E-state index is 14.6. The number of carbonyl (C=O) groups excluding carboxylic acids is 1. The second-order valence-corrected chi connectivity index (χ2v) is 5.58. The Morgan fingerprint density at radius 2 is 2.23 bits per heavy atom. The number of pyridine rings is 1. The van der Waals surface area contributed by atoms with Crippen molar-refractivity contribution in [1.29, 1.82) is 5.26 Å². The fourth-order valence-electron chi connectivity index (χ4n) is 2.82. The van der Waals surface area contributed by atoms with Crippen molar-refractivity contribution in [1.82, 2.24) is 15.8 Å². The summed E-state index contributed by atoms with van der Waals surface area (Å²) >= 11 is 0. The van der Waals surface area contributed by atoms with Crippen LogP contribution in [0.4, 0.5) is 14.9 Å². The van der Waals surface area contributed by atoms with Crippen molar-refractivity contribution in [3.8, 4) is 17.2 Å². The lowest BCUT2D eigenvalue weighted by atomic mass is 10.0. The number of nitrogens with zero attached hydrogens (tertiary/aromatic N) is 3. The van der Waals surface area contributed by atoms with Crippen LogP contribution in [-0.2, 0) is 4.79 Å². The Bertz CT molecular complexity index is 912. The molecule has 0 spiro atoms. The van der Waals surface area contributed by atoms with Crippen LogP contribution in [-0.4, -0.2) is 34.7 Å². The first kappa shape index (κ1) is 17.3. The fraction of sp³-hybridized carbons (Fsp3) is 0.176. The van der Waals surface area contributed by atoms with Gasteiger partial charge in [0, 0.05) is 18.3 Å². The number of hydrogen-bond donors (Lipinski definition) is 3. The van der Waals surface area contributed by atoms with Crippen LogP contribution < -0.4 is 15.8 Å². The summed E-state index contributed by atoms with van der Waals surface area (Å²) in [5.74, 6) is -1.04. The molecule has 0 saturated carbocycles. The third-order valence-corrected chi connectivity index (χ3v) is 4.02. The molecule has 9 heteroatoms. The van der Waals surface area contributed by atoms with Crippen molar-refractivity contribution in [3.63, 3.8) is 0 Å². The molecule has 2 amide bonds. The summed E-state index contributed by atoms with van der Waals surface area (Å²) in [7, 11) is 0. The minimum atomic E-state index is -1.31. The van der Waals surface area contributed by atoms with Crippen molar-refractivity contribution in [2.45, 2.75) is 12.5 Å². The summed E-state index contributed by atoms with van der Waals surface area (Å²) in [6.45, 7) is 0.254. The first-order valence-corrected chi connectivity index (χ1v) is 7.72. The SMILES string of the molecule is N#Cc1ncccc1-c1ccc(N2CC[C@H](NNC(=O)O)C2=O)c(F)c1. The number of nitrogens with one attached hydrogen (secondary N) is 2. The number of hydrazine groups is 1. The molecule has 1 aromatic carbocycles. The predicted molar refractivity (Wildman–Crippen MR) is 89.4 cm³/mol. The average Bonchev–Trinajstić information content (AvgIpc) is 3.00. The summed E-state index contributed by atoms with van der Waals surface area (Å²) in [6.07, 6.45) is 0.506. The summed E-state index contributed by atoms with van der Waals surface area (Å²) in [6, 6.07) is 8.84. The number of halogens is 1. The van der Waals surface area contributed by atoms with Gasteiger partial charge >= 0.3 is 6.09 Å². The number of benzene rings is 1. The second kappa shape index (κ2) is 7.16. The molecule has 8 nitrogen and oxygen atoms in total. The first-order chi connectivity index (χ1) is 12.5. The van der Waals surface area contributed by atoms with Crippen LogP contribution in [0, 0.1) is 17.1 Å². The number of anilines is 1. The lowest BCUT2D eigenvalue weighted by molar-refractivity contribution is -0.119. The molecule has 0 unspecified atom stereocenters. The van der Waals surface area contributed by atoms with Gasteiger partial charge in [0.1, 0.15) is 23.6 Å². The number of rotatable bonds is 4. The molecule has 1 fully saturated rings. The van der Waals surface area contributed by atoms with Crippen LogP contribution in [0.15, 0.2) is 36.5 Å². The molecular weight excluding hydrogens is 341 g/mol. The van der Waals surface area contributed by atoms with E-state index in [4.69, 9.17) is 10.4 Å². The molecule has 1 aromatic heterocycles. The Labute approximate surface area is 147 Å². The van der Waals surface area contributed by atoms with Gasteiger partial charge in [0.25, 0.3) is 0 Å². The lowest BCUT2D eigenvalue weighted by Gasteiger charge is -2.18. The monoisotopic (exact) mass is 355 g/mol. The Morgan fingerprint density at radius 3 is 2.92 bits per heavy atom. The van der Waals surface area contributed by atoms with Gasteiger partial charge in [-0.3, -0.25) is 10.2 Å². The molecule has 0 aliphatic carbocycles. The van der Waals surface area contributed by atoms with Crippen molar-refractivity contribution in [2.24, 2.45) is 0 Å². The van der Waals surface area contributed by atoms with E-state index in [0.717, 1.165) is 0 Å². The van der Waals surface area contributed by atoms with E-state index in [1.54, 1.807) is 18.2 Å². The minimum absolute atomic E-state index is 0.0979. The van der Waals surface area contributed by atoms with Crippen molar-refractivity contribution in [3.05, 3.63) is 48.0 Å². The summed E-state index contributed by atoms with van der Waals surface area (Å²) in [5, 5.41) is 17.7. The smallest absolute Gasteiger partial charge is 0.419 e. The molecule has 0 radical (unpaired) electrons. The number of carboxylic acid groups (broad SMARTS) is 1. The summed E-state index contributed by atoms with van der Waals surface area (Å²) in [4.78, 5) is 28.1. The molecule has 2 aromatic rings. The Hall–Kier alpha value is -3.51. The van der Waals surface area contributed by atoms with Crippen LogP contribution in [0.3, 0.4) is 0 Å². The topological polar surface area (TPSA) is 118 Å². The van der Waals surface area contributed by atoms with Gasteiger partial charge < -0.3 is 10.0 Å². The van der Waals surface area contributed by atoms with Gasteiger partial charge in [-0.2, -0.15) is 5.26 Å². The zero-order valence-electron chi connectivity index (χ0n) is 13.4. The zero-order chi connectivity index (χ0) is 18.7. The normalized spacial score (nSPS) is 16.4. The van der Waals surface area contributed by atoms with Crippen molar-refractivity contribution >= 4 is 17.7 Å². The highest BCUT2D eigenvalue weighted by Crippen LogP contribution is 2.30. The average molecular weight is 355 g/mol. The Kier molecular flexibility index (Phi) is 4.77. The van der Waals surface area contributed by atoms with E-state index in [-0.39, 0.29) is 17.9 Å². The predicted octanol–water partition coefficient (Wildman–Crippen LogP) is 1.64. The maximum Gasteiger partial charge on any atom is 0.419 e. The van der Waals surface area contributed by atoms with E-state index in [2.05, 4.69) is 10.4 Å². The Balaban J connectivity index is 1.84. The van der Waals surface area contributed by atoms with Gasteiger partial charge in [-0.05, 0) is 36.2 Å². The highest BCUT2D eigenvalue weighted by molar-refractivity contribution is 5.99. The van der Waals surface area contributed by atoms with Gasteiger partial charge in [0.15, 0.2) is 0 Å². The molecule has 0 bridgehead atoms. The number of aromatic nitrogens is 1. The maximum atomic E-state index is 14.6. The lowest BCUT2D eigenvalue weighted by Crippen LogP contribution is -2.47. The Morgan fingerprint density at radius 1 is 1.42 bits per heavy atom. The second-order valence-electron chi connectivity index (χ2n) is 5.58. The number of carbonyl (C=O) groups is 2. The summed E-state index contributed by atoms with van der Waals surface area (Å²) < 4.78 is 14.6. The molecule has 2 heterocycles. The van der Waals surface area contributed by atoms with E-state index in [0.29, 0.717) is 17.5 Å². The standard InChI is InChI=1S/C17H14FN5O3/c18-12-8-10(11-2-1-6-20-14(11)9-19)3-4-15(12)23-7-5-13(16(23)24)21-22-17(25)26/h1-4,6,8,13,21-22H,5,7H2,(H,25,26)/t13-/m0/s1. The van der Waals surface area contributed by atoms with Crippen LogP contribution in [0.1, 0.15) is 12.1 Å². The first-order valence-electron chi connectivity index (χ1n) is 7.72. The van der Waals surface area contributed by atoms with Crippen LogP contribution >= 0.6 is 0 Å². The van der Waals surface area contributed by atoms with E-state index < -0.39 is 23.9 Å². The van der Waals surface area contributed by atoms with E-state index in [1.165, 1.54) is 23.2 Å². The minimum Gasteiger partial charge on any atom is -0.464 e. The fourth-order valence-corrected chi connectivity index (χ4v) is 2.82. The molecule has 1 atom stereocenters. The van der Waals surface area contributed by atoms with Gasteiger partial charge in [0.2, 0.25) is 5.91 Å². The molecule has 132 valence electrons. The number of nitriles is 1. The molecule has 1 aliphatic rings. The molecule has 1 saturated heterocycles. The van der Waals surface area contributed by atoms with Crippen molar-refractivity contribution in [2.75, 3.05) is 11.4 Å². The molecule has 1 aliphatic heterocycles. The van der Waals surface area contributed by atoms with E-state index in [9.17, 15) is 14.0 Å². The molecule has 26 heavy (non-hydrogen) atoms. The van der Waals surface area contributed by atoms with E-state index >= 15 is 0 Å². The third-order valence-electron chi connectivity index (χ3n) is 4.02. The summed E-state index contributed by atoms with van der Waals surface area (Å²) in [5.41, 5.74) is 5.58. The van der Waals surface area contributed by atoms with Gasteiger partial charge in [-0.25, -0.2) is 19.6 Å². The van der Waals surface area contributed by atoms with Gasteiger partial charge in [-0.15, -0.1) is 0 Å². The van der Waals surface area contributed by atoms with Crippen LogP contribution in [0.2, 0.25) is 0 Å². The molecule has 3 rings (SSSR count). The number of amides is 2. The van der Waals surface area contributed by atoms with Gasteiger partial charge in [0.05, 0.1) is 5.69 Å². The third kappa shape index (κ3) is 3.31. The quantitative estimate of drug-likeness (QED) is 0.718. The van der Waals surface area contributed by atoms with Gasteiger partial charge in [-0.1, -0.05) is 6.07 Å². The zero-order valence-corrected chi connectivity index (χ0v) is 13.4. The highest BCUT2D eigenvalue weighted by atomic mass is 19.1. The molecular formula is C17H14FN5O3. The number of hydrogen-bond acceptors (Lipinski definition) is 5. The van der Waals surface area contributed by atoms with Crippen LogP contribution in [0.25, 0.3) is 11.1 Å². The van der Waals surface area contributed by atoms with Crippen LogP contribution in [0.5, 0.6) is 0 Å². The van der Waals surface area contributed by atoms with Crippen molar-refractivity contribution < 1.29 is 19.1 Å². The molecule has 3 N–H and O–H groups in total. The highest BCUT2D eigenvalue weighted by Gasteiger charge is 2.34. The van der Waals surface area contributed by atoms with E-state index in [1.807, 2.05) is 11.5 Å². The largest absolute Gasteiger partial charge is 0.464 e.